The van der Waals surface area contributed by atoms with Gasteiger partial charge in [0, 0.05) is 12.8 Å². The zero-order valence-electron chi connectivity index (χ0n) is 58.9. The van der Waals surface area contributed by atoms with Crippen LogP contribution in [0.1, 0.15) is 367 Å². The molecule has 0 aliphatic rings. The van der Waals surface area contributed by atoms with Crippen molar-refractivity contribution >= 4 is 17.9 Å². The molecule has 0 aromatic carbocycles. The van der Waals surface area contributed by atoms with Crippen LogP contribution in [0.3, 0.4) is 0 Å². The zero-order valence-corrected chi connectivity index (χ0v) is 58.9. The molecule has 0 heterocycles. The van der Waals surface area contributed by atoms with Crippen molar-refractivity contribution < 1.29 is 42.9 Å². The molecule has 0 aliphatic heterocycles. The van der Waals surface area contributed by atoms with Gasteiger partial charge in [0.1, 0.15) is 13.2 Å². The largest absolute Gasteiger partial charge is 0.477 e. The third-order valence-corrected chi connectivity index (χ3v) is 17.0. The quantitative estimate of drug-likeness (QED) is 0.0211. The van der Waals surface area contributed by atoms with Gasteiger partial charge in [0.15, 0.2) is 6.10 Å². The number of hydrogen-bond donors (Lipinski definition) is 1. The molecule has 514 valence electrons. The lowest BCUT2D eigenvalue weighted by molar-refractivity contribution is -0.870. The number of unbranched alkanes of at least 4 members (excludes halogenated alkanes) is 46. The molecule has 0 fully saturated rings. The van der Waals surface area contributed by atoms with Crippen molar-refractivity contribution in [2.75, 3.05) is 47.5 Å². The molecule has 0 saturated carbocycles. The normalized spacial score (nSPS) is 13.0. The standard InChI is InChI=1S/C79H145NO8/c1-6-8-10-12-14-16-18-20-22-24-26-28-30-32-34-35-36-37-38-39-40-41-42-44-45-47-49-51-53-55-57-59-61-63-65-67-69-76(81)86-73-75(74-87-79(78(83)84)85-72-71-80(3,4)5)88-77(82)70-68-66-64-62-60-58-56-54-52-50-48-46-43-33-31-29-27-25-23-21-19-17-15-13-11-9-7-2/h9,11,15,17,21,23,27,29,33,43,75,79H,6-8,10,12-14,16,18-20,22,24-26,28,30-32,34-42,44-74H2,1-5H3/p+1/b11-9-,17-15-,23-21-,29-27-,43-33-. The summed E-state index contributed by atoms with van der Waals surface area (Å²) < 4.78 is 23.0. The van der Waals surface area contributed by atoms with Crippen LogP contribution in [0.4, 0.5) is 0 Å². The van der Waals surface area contributed by atoms with E-state index in [2.05, 4.69) is 74.6 Å². The molecule has 9 nitrogen and oxygen atoms in total. The lowest BCUT2D eigenvalue weighted by Gasteiger charge is -2.25. The predicted molar refractivity (Wildman–Crippen MR) is 378 cm³/mol. The number of nitrogens with zero attached hydrogens (tertiary/aromatic N) is 1. The Morgan fingerprint density at radius 3 is 0.966 bits per heavy atom. The Balaban J connectivity index is 4.00. The number of aliphatic carboxylic acids is 1. The maximum atomic E-state index is 13.0. The summed E-state index contributed by atoms with van der Waals surface area (Å²) >= 11 is 0. The summed E-state index contributed by atoms with van der Waals surface area (Å²) in [7, 11) is 5.99. The van der Waals surface area contributed by atoms with E-state index in [0.29, 0.717) is 17.4 Å². The van der Waals surface area contributed by atoms with E-state index in [1.54, 1.807) is 0 Å². The number of carbonyl (C=O) groups excluding carboxylic acids is 2. The maximum absolute atomic E-state index is 13.0. The molecule has 2 unspecified atom stereocenters. The Morgan fingerprint density at radius 2 is 0.648 bits per heavy atom. The van der Waals surface area contributed by atoms with Crippen LogP contribution in [0, 0.1) is 0 Å². The number of hydrogen-bond acceptors (Lipinski definition) is 7. The number of ether oxygens (including phenoxy) is 4. The molecule has 0 aromatic heterocycles. The van der Waals surface area contributed by atoms with E-state index in [4.69, 9.17) is 18.9 Å². The highest BCUT2D eigenvalue weighted by atomic mass is 16.7. The summed E-state index contributed by atoms with van der Waals surface area (Å²) in [6.45, 7) is 4.82. The molecular formula is C79H146NO8+. The smallest absolute Gasteiger partial charge is 0.361 e. The van der Waals surface area contributed by atoms with Crippen LogP contribution < -0.4 is 0 Å². The van der Waals surface area contributed by atoms with E-state index in [0.717, 1.165) is 77.0 Å². The van der Waals surface area contributed by atoms with Crippen LogP contribution in [0.5, 0.6) is 0 Å². The van der Waals surface area contributed by atoms with Crippen molar-refractivity contribution in [2.45, 2.75) is 379 Å². The number of carboxylic acid groups (broad SMARTS) is 1. The molecule has 0 spiro atoms. The Hall–Kier alpha value is -3.01. The fourth-order valence-electron chi connectivity index (χ4n) is 11.3. The van der Waals surface area contributed by atoms with Crippen LogP contribution in [-0.2, 0) is 33.3 Å². The van der Waals surface area contributed by atoms with E-state index < -0.39 is 24.3 Å². The fraction of sp³-hybridized carbons (Fsp3) is 0.835. The molecule has 0 amide bonds. The summed E-state index contributed by atoms with van der Waals surface area (Å²) in [6.07, 6.45) is 89.4. The molecule has 1 N–H and O–H groups in total. The summed E-state index contributed by atoms with van der Waals surface area (Å²) in [6, 6.07) is 0. The average Bonchev–Trinajstić information content (AvgIpc) is 3.54. The molecular weight excluding hydrogens is 1090 g/mol. The van der Waals surface area contributed by atoms with Gasteiger partial charge in [0.05, 0.1) is 34.4 Å². The van der Waals surface area contributed by atoms with E-state index in [-0.39, 0.29) is 32.2 Å². The molecule has 9 heteroatoms. The number of allylic oxidation sites excluding steroid dienone is 10. The topological polar surface area (TPSA) is 108 Å². The van der Waals surface area contributed by atoms with Crippen molar-refractivity contribution in [3.8, 4) is 0 Å². The number of carboxylic acids is 1. The third-order valence-electron chi connectivity index (χ3n) is 17.0. The lowest BCUT2D eigenvalue weighted by atomic mass is 10.0. The third kappa shape index (κ3) is 70.4. The van der Waals surface area contributed by atoms with Crippen molar-refractivity contribution in [3.05, 3.63) is 60.8 Å². The summed E-state index contributed by atoms with van der Waals surface area (Å²) in [5.74, 6) is -1.99. The van der Waals surface area contributed by atoms with Crippen LogP contribution in [0.15, 0.2) is 60.8 Å². The van der Waals surface area contributed by atoms with Gasteiger partial charge >= 0.3 is 17.9 Å². The number of rotatable bonds is 71. The lowest BCUT2D eigenvalue weighted by Crippen LogP contribution is -2.40. The number of carbonyl (C=O) groups is 3. The van der Waals surface area contributed by atoms with Gasteiger partial charge in [-0.1, -0.05) is 357 Å². The van der Waals surface area contributed by atoms with Crippen molar-refractivity contribution in [2.24, 2.45) is 0 Å². The Morgan fingerprint density at radius 1 is 0.352 bits per heavy atom. The van der Waals surface area contributed by atoms with Crippen LogP contribution >= 0.6 is 0 Å². The van der Waals surface area contributed by atoms with Gasteiger partial charge in [0.25, 0.3) is 6.29 Å². The van der Waals surface area contributed by atoms with Crippen LogP contribution in [-0.4, -0.2) is 87.4 Å². The zero-order chi connectivity index (χ0) is 64.0. The highest BCUT2D eigenvalue weighted by molar-refractivity contribution is 5.71. The molecule has 2 atom stereocenters. The fourth-order valence-corrected chi connectivity index (χ4v) is 11.3. The first-order valence-electron chi connectivity index (χ1n) is 38.0. The highest BCUT2D eigenvalue weighted by Crippen LogP contribution is 2.19. The SMILES string of the molecule is CC/C=C\C/C=C\C/C=C\C/C=C\C/C=C\CCCCCCCCCCCCCC(=O)OC(COC(=O)CCCCCCCCCCCCCCCCCCCCCCCCCCCCCCCCCCCCCC)COC(OCC[N+](C)(C)C)C(=O)O. The van der Waals surface area contributed by atoms with E-state index in [1.807, 2.05) is 21.1 Å². The molecule has 0 bridgehead atoms. The second kappa shape index (κ2) is 69.9. The van der Waals surface area contributed by atoms with Gasteiger partial charge in [0.2, 0.25) is 0 Å². The first-order valence-corrected chi connectivity index (χ1v) is 38.0. The van der Waals surface area contributed by atoms with E-state index in [9.17, 15) is 19.5 Å². The molecule has 0 aromatic rings. The number of esters is 2. The minimum atomic E-state index is -1.51. The van der Waals surface area contributed by atoms with Crippen LogP contribution in [0.25, 0.3) is 0 Å². The van der Waals surface area contributed by atoms with Gasteiger partial charge in [-0.15, -0.1) is 0 Å². The summed E-state index contributed by atoms with van der Waals surface area (Å²) in [5.41, 5.74) is 0. The molecule has 0 rings (SSSR count). The second-order valence-corrected chi connectivity index (χ2v) is 26.9. The summed E-state index contributed by atoms with van der Waals surface area (Å²) in [5, 5.41) is 9.76. The van der Waals surface area contributed by atoms with E-state index >= 15 is 0 Å². The molecule has 88 heavy (non-hydrogen) atoms. The highest BCUT2D eigenvalue weighted by Gasteiger charge is 2.25. The molecule has 0 radical (unpaired) electrons. The first kappa shape index (κ1) is 85.0. The van der Waals surface area contributed by atoms with Gasteiger partial charge in [-0.05, 0) is 57.8 Å². The average molecular weight is 1240 g/mol. The van der Waals surface area contributed by atoms with Crippen LogP contribution in [0.2, 0.25) is 0 Å². The monoisotopic (exact) mass is 1240 g/mol. The molecule has 0 aliphatic carbocycles. The van der Waals surface area contributed by atoms with Crippen molar-refractivity contribution in [1.82, 2.24) is 0 Å². The molecule has 0 saturated heterocycles. The first-order chi connectivity index (χ1) is 43.1. The second-order valence-electron chi connectivity index (χ2n) is 26.9. The van der Waals surface area contributed by atoms with Crippen molar-refractivity contribution in [3.63, 3.8) is 0 Å². The predicted octanol–water partition coefficient (Wildman–Crippen LogP) is 23.9. The summed E-state index contributed by atoms with van der Waals surface area (Å²) in [4.78, 5) is 37.7. The number of likely N-dealkylation sites (N-methyl/N-ethyl adjacent to an activating group) is 1. The Bertz CT molecular complexity index is 1630. The number of quaternary nitrogens is 1. The van der Waals surface area contributed by atoms with E-state index in [1.165, 1.54) is 263 Å². The van der Waals surface area contributed by atoms with Gasteiger partial charge in [-0.2, -0.15) is 0 Å². The minimum Gasteiger partial charge on any atom is -0.477 e. The van der Waals surface area contributed by atoms with Gasteiger partial charge in [-0.25, -0.2) is 4.79 Å². The maximum Gasteiger partial charge on any atom is 0.361 e. The minimum absolute atomic E-state index is 0.181. The van der Waals surface area contributed by atoms with Gasteiger partial charge in [-0.3, -0.25) is 9.59 Å². The Kier molecular flexibility index (Phi) is 67.5. The van der Waals surface area contributed by atoms with Gasteiger partial charge < -0.3 is 28.5 Å². The Labute approximate surface area is 545 Å². The van der Waals surface area contributed by atoms with Crippen molar-refractivity contribution in [1.29, 1.82) is 0 Å².